The van der Waals surface area contributed by atoms with Crippen molar-refractivity contribution in [2.75, 3.05) is 17.2 Å². The van der Waals surface area contributed by atoms with Gasteiger partial charge in [0.25, 0.3) is 5.91 Å². The molecule has 5 heteroatoms. The first-order valence-electron chi connectivity index (χ1n) is 7.02. The summed E-state index contributed by atoms with van der Waals surface area (Å²) in [5.74, 6) is 0.415. The molecular formula is C16H17N3O2. The van der Waals surface area contributed by atoms with Crippen LogP contribution in [0.3, 0.4) is 0 Å². The van der Waals surface area contributed by atoms with Crippen molar-refractivity contribution in [2.45, 2.75) is 18.9 Å². The van der Waals surface area contributed by atoms with Crippen molar-refractivity contribution in [3.63, 3.8) is 0 Å². The van der Waals surface area contributed by atoms with E-state index < -0.39 is 0 Å². The van der Waals surface area contributed by atoms with Crippen molar-refractivity contribution < 1.29 is 9.53 Å². The first-order valence-corrected chi connectivity index (χ1v) is 7.02. The van der Waals surface area contributed by atoms with Gasteiger partial charge in [-0.2, -0.15) is 0 Å². The van der Waals surface area contributed by atoms with Crippen molar-refractivity contribution in [3.05, 3.63) is 48.7 Å². The summed E-state index contributed by atoms with van der Waals surface area (Å²) in [6.45, 7) is 0.658. The van der Waals surface area contributed by atoms with Crippen LogP contribution in [0.2, 0.25) is 0 Å². The Hall–Kier alpha value is -2.40. The van der Waals surface area contributed by atoms with Crippen LogP contribution in [-0.2, 0) is 9.53 Å². The van der Waals surface area contributed by atoms with Crippen LogP contribution >= 0.6 is 0 Å². The van der Waals surface area contributed by atoms with Gasteiger partial charge in [0.05, 0.1) is 11.9 Å². The van der Waals surface area contributed by atoms with Gasteiger partial charge in [-0.25, -0.2) is 4.98 Å². The molecule has 108 valence electrons. The van der Waals surface area contributed by atoms with Crippen LogP contribution < -0.4 is 10.6 Å². The maximum absolute atomic E-state index is 11.9. The maximum Gasteiger partial charge on any atom is 0.254 e. The van der Waals surface area contributed by atoms with Crippen molar-refractivity contribution in [1.82, 2.24) is 4.98 Å². The van der Waals surface area contributed by atoms with Crippen LogP contribution in [0, 0.1) is 0 Å². The van der Waals surface area contributed by atoms with Gasteiger partial charge in [0, 0.05) is 12.3 Å². The zero-order valence-electron chi connectivity index (χ0n) is 11.6. The number of hydrogen-bond acceptors (Lipinski definition) is 4. The van der Waals surface area contributed by atoms with Crippen LogP contribution in [0.15, 0.2) is 48.7 Å². The van der Waals surface area contributed by atoms with Gasteiger partial charge < -0.3 is 15.4 Å². The van der Waals surface area contributed by atoms with Crippen molar-refractivity contribution in [2.24, 2.45) is 0 Å². The summed E-state index contributed by atoms with van der Waals surface area (Å²) in [5.41, 5.74) is 1.87. The molecule has 1 aliphatic heterocycles. The summed E-state index contributed by atoms with van der Waals surface area (Å²) in [4.78, 5) is 16.1. The maximum atomic E-state index is 11.9. The average Bonchev–Trinajstić information content (AvgIpc) is 3.05. The van der Waals surface area contributed by atoms with Crippen LogP contribution in [0.1, 0.15) is 12.8 Å². The predicted octanol–water partition coefficient (Wildman–Crippen LogP) is 2.94. The minimum absolute atomic E-state index is 0.122. The molecule has 2 N–H and O–H groups in total. The molecule has 0 bridgehead atoms. The van der Waals surface area contributed by atoms with Gasteiger partial charge in [-0.1, -0.05) is 18.2 Å². The molecule has 1 unspecified atom stereocenters. The number of carbonyl (C=O) groups is 1. The first kappa shape index (κ1) is 13.6. The monoisotopic (exact) mass is 283 g/mol. The molecule has 1 aliphatic rings. The Morgan fingerprint density at radius 2 is 2.00 bits per heavy atom. The van der Waals surface area contributed by atoms with Crippen molar-refractivity contribution in [1.29, 1.82) is 0 Å². The molecule has 21 heavy (non-hydrogen) atoms. The SMILES string of the molecule is O=C(Nc1ccc(Nc2ccccc2)cn1)C1CCCO1. The third-order valence-corrected chi connectivity index (χ3v) is 3.30. The number of rotatable bonds is 4. The minimum Gasteiger partial charge on any atom is -0.368 e. The molecular weight excluding hydrogens is 266 g/mol. The number of hydrogen-bond donors (Lipinski definition) is 2. The largest absolute Gasteiger partial charge is 0.368 e. The van der Waals surface area contributed by atoms with Crippen molar-refractivity contribution in [3.8, 4) is 0 Å². The first-order chi connectivity index (χ1) is 10.3. The summed E-state index contributed by atoms with van der Waals surface area (Å²) >= 11 is 0. The third-order valence-electron chi connectivity index (χ3n) is 3.30. The number of carbonyl (C=O) groups excluding carboxylic acids is 1. The second kappa shape index (κ2) is 6.37. The summed E-state index contributed by atoms with van der Waals surface area (Å²) in [6, 6.07) is 13.5. The molecule has 1 atom stereocenters. The van der Waals surface area contributed by atoms with E-state index in [1.807, 2.05) is 36.4 Å². The minimum atomic E-state index is -0.339. The number of benzene rings is 1. The Kier molecular flexibility index (Phi) is 4.12. The molecule has 1 aromatic carbocycles. The highest BCUT2D eigenvalue weighted by atomic mass is 16.5. The van der Waals surface area contributed by atoms with Crippen LogP contribution in [0.5, 0.6) is 0 Å². The standard InChI is InChI=1S/C16H17N3O2/c20-16(14-7-4-10-21-14)19-15-9-8-13(11-17-15)18-12-5-2-1-3-6-12/h1-3,5-6,8-9,11,14,18H,4,7,10H2,(H,17,19,20). The molecule has 0 spiro atoms. The molecule has 3 rings (SSSR count). The second-order valence-corrected chi connectivity index (χ2v) is 4.91. The van der Waals surface area contributed by atoms with Crippen LogP contribution in [0.4, 0.5) is 17.2 Å². The fraction of sp³-hybridized carbons (Fsp3) is 0.250. The van der Waals surface area contributed by atoms with E-state index in [-0.39, 0.29) is 12.0 Å². The van der Waals surface area contributed by atoms with Gasteiger partial charge in [0.15, 0.2) is 0 Å². The summed E-state index contributed by atoms with van der Waals surface area (Å²) in [7, 11) is 0. The lowest BCUT2D eigenvalue weighted by Gasteiger charge is -2.10. The van der Waals surface area contributed by atoms with E-state index in [0.717, 1.165) is 24.2 Å². The number of amides is 1. The Bertz CT molecular complexity index is 593. The highest BCUT2D eigenvalue weighted by Gasteiger charge is 2.23. The summed E-state index contributed by atoms with van der Waals surface area (Å²) < 4.78 is 5.34. The Morgan fingerprint density at radius 1 is 1.14 bits per heavy atom. The number of anilines is 3. The number of para-hydroxylation sites is 1. The van der Waals surface area contributed by atoms with Gasteiger partial charge in [-0.05, 0) is 37.1 Å². The van der Waals surface area contributed by atoms with Gasteiger partial charge >= 0.3 is 0 Å². The quantitative estimate of drug-likeness (QED) is 0.905. The molecule has 1 fully saturated rings. The number of nitrogens with zero attached hydrogens (tertiary/aromatic N) is 1. The zero-order valence-corrected chi connectivity index (χ0v) is 11.6. The van der Waals surface area contributed by atoms with Crippen LogP contribution in [0.25, 0.3) is 0 Å². The predicted molar refractivity (Wildman–Crippen MR) is 81.6 cm³/mol. The molecule has 1 aromatic heterocycles. The smallest absolute Gasteiger partial charge is 0.254 e. The van der Waals surface area contributed by atoms with E-state index in [9.17, 15) is 4.79 Å². The normalized spacial score (nSPS) is 17.4. The van der Waals surface area contributed by atoms with Crippen LogP contribution in [-0.4, -0.2) is 23.6 Å². The zero-order chi connectivity index (χ0) is 14.5. The average molecular weight is 283 g/mol. The van der Waals surface area contributed by atoms with Gasteiger partial charge in [0.1, 0.15) is 11.9 Å². The van der Waals surface area contributed by atoms with Crippen molar-refractivity contribution >= 4 is 23.1 Å². The second-order valence-electron chi connectivity index (χ2n) is 4.91. The lowest BCUT2D eigenvalue weighted by molar-refractivity contribution is -0.124. The molecule has 1 saturated heterocycles. The van der Waals surface area contributed by atoms with E-state index in [2.05, 4.69) is 15.6 Å². The number of pyridine rings is 1. The molecule has 0 radical (unpaired) electrons. The topological polar surface area (TPSA) is 63.2 Å². The molecule has 5 nitrogen and oxygen atoms in total. The van der Waals surface area contributed by atoms with Gasteiger partial charge in [0.2, 0.25) is 0 Å². The number of aromatic nitrogens is 1. The highest BCUT2D eigenvalue weighted by molar-refractivity contribution is 5.93. The fourth-order valence-corrected chi connectivity index (χ4v) is 2.22. The Balaban J connectivity index is 1.60. The van der Waals surface area contributed by atoms with E-state index in [1.165, 1.54) is 0 Å². The van der Waals surface area contributed by atoms with E-state index in [4.69, 9.17) is 4.74 Å². The highest BCUT2D eigenvalue weighted by Crippen LogP contribution is 2.18. The Labute approximate surface area is 123 Å². The molecule has 0 aliphatic carbocycles. The van der Waals surface area contributed by atoms with Gasteiger partial charge in [-0.15, -0.1) is 0 Å². The number of nitrogens with one attached hydrogen (secondary N) is 2. The molecule has 2 aromatic rings. The van der Waals surface area contributed by atoms with E-state index >= 15 is 0 Å². The lowest BCUT2D eigenvalue weighted by atomic mass is 10.2. The summed E-state index contributed by atoms with van der Waals surface area (Å²) in [5, 5.41) is 6.01. The third kappa shape index (κ3) is 3.58. The molecule has 0 saturated carbocycles. The molecule has 2 heterocycles. The molecule has 1 amide bonds. The van der Waals surface area contributed by atoms with Gasteiger partial charge in [-0.3, -0.25) is 4.79 Å². The lowest BCUT2D eigenvalue weighted by Crippen LogP contribution is -2.27. The summed E-state index contributed by atoms with van der Waals surface area (Å²) in [6.07, 6.45) is 3.07. The number of ether oxygens (including phenoxy) is 1. The Morgan fingerprint density at radius 3 is 2.67 bits per heavy atom. The fourth-order valence-electron chi connectivity index (χ4n) is 2.22. The van der Waals surface area contributed by atoms with E-state index in [0.29, 0.717) is 12.4 Å². The van der Waals surface area contributed by atoms with E-state index in [1.54, 1.807) is 12.3 Å².